The summed E-state index contributed by atoms with van der Waals surface area (Å²) >= 11 is 1.47. The average Bonchev–Trinajstić information content (AvgIpc) is 3.13. The summed E-state index contributed by atoms with van der Waals surface area (Å²) in [7, 11) is 0. The topological polar surface area (TPSA) is 102 Å². The number of amides is 1. The summed E-state index contributed by atoms with van der Waals surface area (Å²) in [6.07, 6.45) is 4.48. The number of fused-ring (bicyclic) bond motifs is 1. The Kier molecular flexibility index (Phi) is 5.54. The molecule has 1 saturated carbocycles. The molecular formula is C19H18F3N5O2S. The molecule has 1 aliphatic heterocycles. The first-order chi connectivity index (χ1) is 14.4. The molecule has 1 fully saturated rings. The van der Waals surface area contributed by atoms with E-state index in [0.717, 1.165) is 31.0 Å². The van der Waals surface area contributed by atoms with Crippen LogP contribution in [-0.2, 0) is 5.54 Å². The fourth-order valence-corrected chi connectivity index (χ4v) is 5.02. The highest BCUT2D eigenvalue weighted by molar-refractivity contribution is 8.13. The number of aromatic nitrogens is 2. The number of amidine groups is 1. The van der Waals surface area contributed by atoms with Crippen LogP contribution >= 0.6 is 11.8 Å². The third-order valence-electron chi connectivity index (χ3n) is 5.29. The zero-order chi connectivity index (χ0) is 21.3. The molecule has 0 bridgehead atoms. The number of halogens is 3. The molecule has 2 heterocycles. The lowest BCUT2D eigenvalue weighted by Crippen LogP contribution is -2.37. The van der Waals surface area contributed by atoms with Crippen LogP contribution < -0.4 is 15.8 Å². The lowest BCUT2D eigenvalue weighted by Gasteiger charge is -2.36. The molecule has 30 heavy (non-hydrogen) atoms. The van der Waals surface area contributed by atoms with Crippen molar-refractivity contribution in [3.05, 3.63) is 47.7 Å². The van der Waals surface area contributed by atoms with Gasteiger partial charge >= 0.3 is 6.61 Å². The molecule has 1 aromatic carbocycles. The number of carbonyl (C=O) groups excluding carboxylic acids is 1. The van der Waals surface area contributed by atoms with Gasteiger partial charge in [-0.2, -0.15) is 8.78 Å². The normalized spacial score (nSPS) is 23.1. The van der Waals surface area contributed by atoms with Gasteiger partial charge in [0, 0.05) is 17.0 Å². The number of rotatable bonds is 5. The maximum atomic E-state index is 14.8. The number of ether oxygens (including phenoxy) is 1. The van der Waals surface area contributed by atoms with Crippen molar-refractivity contribution in [2.75, 3.05) is 11.1 Å². The predicted molar refractivity (Wildman–Crippen MR) is 106 cm³/mol. The van der Waals surface area contributed by atoms with Crippen LogP contribution in [0.25, 0.3) is 0 Å². The van der Waals surface area contributed by atoms with E-state index in [0.29, 0.717) is 22.8 Å². The molecular weight excluding hydrogens is 419 g/mol. The van der Waals surface area contributed by atoms with Crippen LogP contribution in [0.3, 0.4) is 0 Å². The third kappa shape index (κ3) is 3.93. The summed E-state index contributed by atoms with van der Waals surface area (Å²) in [5.41, 5.74) is 5.88. The summed E-state index contributed by atoms with van der Waals surface area (Å²) in [5.74, 6) is -0.484. The van der Waals surface area contributed by atoms with Crippen molar-refractivity contribution in [2.24, 2.45) is 16.6 Å². The van der Waals surface area contributed by atoms with Crippen LogP contribution in [0.4, 0.5) is 18.9 Å². The minimum Gasteiger partial charge on any atom is -0.415 e. The number of nitrogens with two attached hydrogens (primary N) is 1. The molecule has 0 spiro atoms. The van der Waals surface area contributed by atoms with Gasteiger partial charge in [0.05, 0.1) is 17.9 Å². The van der Waals surface area contributed by atoms with Gasteiger partial charge in [-0.15, -0.1) is 0 Å². The van der Waals surface area contributed by atoms with Crippen LogP contribution in [0.2, 0.25) is 0 Å². The monoisotopic (exact) mass is 437 g/mol. The number of benzene rings is 1. The van der Waals surface area contributed by atoms with E-state index >= 15 is 0 Å². The Morgan fingerprint density at radius 1 is 1.33 bits per heavy atom. The summed E-state index contributed by atoms with van der Waals surface area (Å²) in [4.78, 5) is 24.5. The summed E-state index contributed by atoms with van der Waals surface area (Å²) in [5, 5.41) is 3.06. The second-order valence-corrected chi connectivity index (χ2v) is 8.08. The van der Waals surface area contributed by atoms with Crippen molar-refractivity contribution >= 4 is 28.5 Å². The first-order valence-corrected chi connectivity index (χ1v) is 10.2. The first-order valence-electron chi connectivity index (χ1n) is 9.24. The summed E-state index contributed by atoms with van der Waals surface area (Å²) in [6.45, 7) is -3.04. The zero-order valence-electron chi connectivity index (χ0n) is 15.6. The van der Waals surface area contributed by atoms with Gasteiger partial charge in [-0.1, -0.05) is 18.2 Å². The van der Waals surface area contributed by atoms with Gasteiger partial charge in [0.15, 0.2) is 5.17 Å². The van der Waals surface area contributed by atoms with Crippen molar-refractivity contribution in [1.29, 1.82) is 0 Å². The molecule has 2 aliphatic rings. The number of aliphatic imine (C=N–C) groups is 1. The van der Waals surface area contributed by atoms with Crippen molar-refractivity contribution in [2.45, 2.75) is 31.4 Å². The Balaban J connectivity index is 1.58. The van der Waals surface area contributed by atoms with Crippen molar-refractivity contribution in [3.8, 4) is 5.88 Å². The van der Waals surface area contributed by atoms with Gasteiger partial charge in [-0.25, -0.2) is 14.4 Å². The molecule has 158 valence electrons. The Bertz CT molecular complexity index is 989. The summed E-state index contributed by atoms with van der Waals surface area (Å²) in [6, 6.07) is 4.29. The van der Waals surface area contributed by atoms with Crippen LogP contribution in [0.1, 0.15) is 35.3 Å². The molecule has 11 heteroatoms. The van der Waals surface area contributed by atoms with Crippen LogP contribution in [-0.4, -0.2) is 33.4 Å². The number of hydrogen-bond donors (Lipinski definition) is 2. The van der Waals surface area contributed by atoms with E-state index in [1.807, 2.05) is 0 Å². The molecule has 1 aromatic heterocycles. The Morgan fingerprint density at radius 2 is 2.17 bits per heavy atom. The zero-order valence-corrected chi connectivity index (χ0v) is 16.5. The number of hydrogen-bond acceptors (Lipinski definition) is 7. The smallest absolute Gasteiger partial charge is 0.388 e. The molecule has 4 rings (SSSR count). The first kappa shape index (κ1) is 20.5. The molecule has 1 amide bonds. The lowest BCUT2D eigenvalue weighted by atomic mass is 9.81. The number of nitrogens with zero attached hydrogens (tertiary/aromatic N) is 3. The minimum absolute atomic E-state index is 0.101. The van der Waals surface area contributed by atoms with Crippen LogP contribution in [0, 0.1) is 11.7 Å². The minimum atomic E-state index is -3.04. The van der Waals surface area contributed by atoms with Gasteiger partial charge in [0.2, 0.25) is 5.88 Å². The molecule has 0 radical (unpaired) electrons. The van der Waals surface area contributed by atoms with Crippen molar-refractivity contribution in [3.63, 3.8) is 0 Å². The largest absolute Gasteiger partial charge is 0.415 e. The van der Waals surface area contributed by atoms with Crippen LogP contribution in [0.15, 0.2) is 35.6 Å². The van der Waals surface area contributed by atoms with Gasteiger partial charge in [-0.05, 0) is 37.0 Å². The highest BCUT2D eigenvalue weighted by Gasteiger charge is 2.48. The van der Waals surface area contributed by atoms with E-state index in [9.17, 15) is 18.0 Å². The predicted octanol–water partition coefficient (Wildman–Crippen LogP) is 3.53. The second kappa shape index (κ2) is 8.13. The number of anilines is 1. The van der Waals surface area contributed by atoms with E-state index in [1.54, 1.807) is 6.07 Å². The Labute approximate surface area is 174 Å². The fraction of sp³-hybridized carbons (Fsp3) is 0.368. The van der Waals surface area contributed by atoms with Crippen molar-refractivity contribution in [1.82, 2.24) is 9.97 Å². The fourth-order valence-electron chi connectivity index (χ4n) is 3.97. The highest BCUT2D eigenvalue weighted by Crippen LogP contribution is 2.51. The SMILES string of the molecule is NC1=N[C@@]2(c3cc(NC(=O)c4cnc(OC(F)F)cn4)ccc3F)CCC[C@H]2CS1. The van der Waals surface area contributed by atoms with E-state index < -0.39 is 29.8 Å². The number of thioether (sulfide) groups is 1. The van der Waals surface area contributed by atoms with Crippen LogP contribution in [0.5, 0.6) is 5.88 Å². The Hall–Kier alpha value is -2.82. The molecule has 0 saturated heterocycles. The molecule has 1 aliphatic carbocycles. The van der Waals surface area contributed by atoms with Crippen molar-refractivity contribution < 1.29 is 22.7 Å². The lowest BCUT2D eigenvalue weighted by molar-refractivity contribution is -0.0531. The van der Waals surface area contributed by atoms with Gasteiger partial charge in [0.1, 0.15) is 11.5 Å². The molecule has 2 aromatic rings. The molecule has 7 nitrogen and oxygen atoms in total. The molecule has 2 atom stereocenters. The van der Waals surface area contributed by atoms with E-state index in [1.165, 1.54) is 23.9 Å². The number of nitrogens with one attached hydrogen (secondary N) is 1. The molecule has 3 N–H and O–H groups in total. The van der Waals surface area contributed by atoms with Gasteiger partial charge in [0.25, 0.3) is 5.91 Å². The maximum absolute atomic E-state index is 14.8. The second-order valence-electron chi connectivity index (χ2n) is 7.04. The van der Waals surface area contributed by atoms with E-state index in [2.05, 4.69) is 25.0 Å². The standard InChI is InChI=1S/C19H18F3N5O2S/c20-13-4-3-11(26-16(28)14-7-25-15(8-24-14)29-17(21)22)6-12(13)19-5-1-2-10(19)9-30-18(23)27-19/h3-4,6-8,10,17H,1-2,5,9H2,(H2,23,27)(H,26,28)/t10-,19-/m0/s1. The maximum Gasteiger partial charge on any atom is 0.388 e. The molecule has 0 unspecified atom stereocenters. The highest BCUT2D eigenvalue weighted by atomic mass is 32.2. The van der Waals surface area contributed by atoms with Gasteiger partial charge < -0.3 is 15.8 Å². The quantitative estimate of drug-likeness (QED) is 0.742. The van der Waals surface area contributed by atoms with E-state index in [4.69, 9.17) is 5.73 Å². The average molecular weight is 437 g/mol. The number of alkyl halides is 2. The summed E-state index contributed by atoms with van der Waals surface area (Å²) < 4.78 is 43.3. The third-order valence-corrected chi connectivity index (χ3v) is 6.25. The van der Waals surface area contributed by atoms with E-state index in [-0.39, 0.29) is 11.6 Å². The van der Waals surface area contributed by atoms with Gasteiger partial charge in [-0.3, -0.25) is 9.79 Å². The Morgan fingerprint density at radius 3 is 2.90 bits per heavy atom. The number of carbonyl (C=O) groups is 1.